The van der Waals surface area contributed by atoms with Crippen LogP contribution in [0.15, 0.2) is 12.2 Å². The molecule has 9 nitrogen and oxygen atoms in total. The predicted molar refractivity (Wildman–Crippen MR) is 212 cm³/mol. The molecule has 10 heteroatoms. The Labute approximate surface area is 314 Å². The summed E-state index contributed by atoms with van der Waals surface area (Å²) in [5.41, 5.74) is 0. The second kappa shape index (κ2) is 33.7. The lowest BCUT2D eigenvalue weighted by Crippen LogP contribution is -2.51. The molecular formula is C41H83N2O7P. The molecule has 304 valence electrons. The monoisotopic (exact) mass is 747 g/mol. The maximum Gasteiger partial charge on any atom is 0.268 e. The van der Waals surface area contributed by atoms with Crippen LogP contribution in [-0.2, 0) is 18.4 Å². The maximum atomic E-state index is 12.8. The first-order valence-electron chi connectivity index (χ1n) is 21.1. The molecule has 0 spiro atoms. The SMILES string of the molecule is CCCCCCCCC/C=C/CCCC(O)C(O)C(COP(=O)([O-])OCC[N+](C)(C)C)NC(=O)CCCCCCCCCCCCCCCCC. The second-order valence-corrected chi connectivity index (χ2v) is 17.2. The van der Waals surface area contributed by atoms with E-state index in [0.29, 0.717) is 23.9 Å². The van der Waals surface area contributed by atoms with Gasteiger partial charge in [0.2, 0.25) is 5.91 Å². The number of nitrogens with zero attached hydrogens (tertiary/aromatic N) is 1. The van der Waals surface area contributed by atoms with Gasteiger partial charge in [-0.1, -0.05) is 154 Å². The van der Waals surface area contributed by atoms with Crippen molar-refractivity contribution >= 4 is 13.7 Å². The molecule has 0 fully saturated rings. The number of nitrogens with one attached hydrogen (secondary N) is 1. The van der Waals surface area contributed by atoms with Gasteiger partial charge in [0.1, 0.15) is 19.3 Å². The molecule has 3 N–H and O–H groups in total. The molecule has 0 aliphatic heterocycles. The van der Waals surface area contributed by atoms with Crippen LogP contribution in [0.25, 0.3) is 0 Å². The van der Waals surface area contributed by atoms with Crippen molar-refractivity contribution in [1.82, 2.24) is 5.32 Å². The minimum Gasteiger partial charge on any atom is -0.756 e. The molecule has 0 aromatic heterocycles. The molecule has 0 rings (SSSR count). The summed E-state index contributed by atoms with van der Waals surface area (Å²) in [6.07, 6.45) is 32.5. The fourth-order valence-corrected chi connectivity index (χ4v) is 6.86. The van der Waals surface area contributed by atoms with Crippen molar-refractivity contribution in [3.8, 4) is 0 Å². The Morgan fingerprint density at radius 1 is 0.686 bits per heavy atom. The minimum atomic E-state index is -4.66. The van der Waals surface area contributed by atoms with Gasteiger partial charge in [0.05, 0.1) is 39.9 Å². The van der Waals surface area contributed by atoms with Gasteiger partial charge in [-0.25, -0.2) is 0 Å². The molecule has 0 aromatic rings. The van der Waals surface area contributed by atoms with E-state index in [1.165, 1.54) is 122 Å². The van der Waals surface area contributed by atoms with E-state index in [9.17, 15) is 24.5 Å². The summed E-state index contributed by atoms with van der Waals surface area (Å²) in [4.78, 5) is 25.3. The lowest BCUT2D eigenvalue weighted by atomic mass is 10.0. The molecule has 0 radical (unpaired) electrons. The summed E-state index contributed by atoms with van der Waals surface area (Å²) in [6, 6.07) is -1.08. The summed E-state index contributed by atoms with van der Waals surface area (Å²) in [7, 11) is 1.11. The number of phosphoric acid groups is 1. The Hall–Kier alpha value is -0.800. The Kier molecular flexibility index (Phi) is 33.2. The lowest BCUT2D eigenvalue weighted by molar-refractivity contribution is -0.870. The number of carbonyl (C=O) groups excluding carboxylic acids is 1. The standard InChI is InChI=1S/C41H83N2O7P/c1-6-8-10-12-14-16-18-20-21-22-24-26-28-30-32-34-40(45)42-38(37-50-51(47,48)49-36-35-43(3,4)5)41(46)39(44)33-31-29-27-25-23-19-17-15-13-11-9-7-2/h25,27,38-39,41,44,46H,6-24,26,28-37H2,1-5H3,(H-,42,45,47,48)/b27-25+. The van der Waals surface area contributed by atoms with E-state index in [0.717, 1.165) is 32.1 Å². The topological polar surface area (TPSA) is 128 Å². The largest absolute Gasteiger partial charge is 0.756 e. The van der Waals surface area contributed by atoms with Crippen LogP contribution in [0, 0.1) is 0 Å². The predicted octanol–water partition coefficient (Wildman–Crippen LogP) is 9.53. The van der Waals surface area contributed by atoms with Crippen LogP contribution in [-0.4, -0.2) is 79.8 Å². The number of aliphatic hydroxyl groups excluding tert-OH is 2. The van der Waals surface area contributed by atoms with E-state index >= 15 is 0 Å². The second-order valence-electron chi connectivity index (χ2n) is 15.8. The Balaban J connectivity index is 4.56. The average molecular weight is 747 g/mol. The zero-order valence-electron chi connectivity index (χ0n) is 33.9. The van der Waals surface area contributed by atoms with Crippen LogP contribution in [0.3, 0.4) is 0 Å². The first kappa shape index (κ1) is 50.2. The number of unbranched alkanes of at least 4 members (excludes halogenated alkanes) is 22. The summed E-state index contributed by atoms with van der Waals surface area (Å²) >= 11 is 0. The third kappa shape index (κ3) is 34.7. The van der Waals surface area contributed by atoms with E-state index in [1.54, 1.807) is 0 Å². The zero-order valence-corrected chi connectivity index (χ0v) is 34.8. The molecule has 0 heterocycles. The van der Waals surface area contributed by atoms with Gasteiger partial charge in [0.15, 0.2) is 0 Å². The van der Waals surface area contributed by atoms with Gasteiger partial charge in [-0.15, -0.1) is 0 Å². The number of aliphatic hydroxyl groups is 2. The molecule has 1 amide bonds. The molecule has 0 saturated heterocycles. The first-order chi connectivity index (χ1) is 24.4. The number of allylic oxidation sites excluding steroid dienone is 2. The van der Waals surface area contributed by atoms with Crippen LogP contribution in [0.5, 0.6) is 0 Å². The highest BCUT2D eigenvalue weighted by Gasteiger charge is 2.29. The fourth-order valence-electron chi connectivity index (χ4n) is 6.14. The number of hydrogen-bond donors (Lipinski definition) is 3. The summed E-state index contributed by atoms with van der Waals surface area (Å²) in [5, 5.41) is 24.5. The number of hydrogen-bond acceptors (Lipinski definition) is 7. The molecule has 0 aliphatic rings. The van der Waals surface area contributed by atoms with E-state index in [1.807, 2.05) is 21.1 Å². The first-order valence-corrected chi connectivity index (χ1v) is 22.6. The van der Waals surface area contributed by atoms with Crippen LogP contribution in [0.1, 0.15) is 187 Å². The normalized spacial score (nSPS) is 15.2. The van der Waals surface area contributed by atoms with Gasteiger partial charge in [0.25, 0.3) is 7.82 Å². The van der Waals surface area contributed by atoms with Gasteiger partial charge in [-0.05, 0) is 38.5 Å². The van der Waals surface area contributed by atoms with Gasteiger partial charge in [0, 0.05) is 6.42 Å². The summed E-state index contributed by atoms with van der Waals surface area (Å²) in [5.74, 6) is -0.287. The quantitative estimate of drug-likeness (QED) is 0.0249. The number of phosphoric ester groups is 1. The van der Waals surface area contributed by atoms with Crippen LogP contribution >= 0.6 is 7.82 Å². The lowest BCUT2D eigenvalue weighted by Gasteiger charge is -2.31. The van der Waals surface area contributed by atoms with Crippen molar-refractivity contribution < 1.29 is 38.0 Å². The number of amides is 1. The molecule has 51 heavy (non-hydrogen) atoms. The van der Waals surface area contributed by atoms with Crippen LogP contribution in [0.4, 0.5) is 0 Å². The molecule has 4 unspecified atom stereocenters. The Morgan fingerprint density at radius 2 is 1.12 bits per heavy atom. The van der Waals surface area contributed by atoms with Crippen molar-refractivity contribution in [3.63, 3.8) is 0 Å². The van der Waals surface area contributed by atoms with E-state index in [2.05, 4.69) is 31.3 Å². The molecular weight excluding hydrogens is 663 g/mol. The third-order valence-corrected chi connectivity index (χ3v) is 10.6. The maximum absolute atomic E-state index is 12.8. The molecule has 0 saturated carbocycles. The average Bonchev–Trinajstić information content (AvgIpc) is 3.07. The molecule has 0 bridgehead atoms. The number of rotatable bonds is 38. The molecule has 0 aliphatic carbocycles. The van der Waals surface area contributed by atoms with Crippen LogP contribution in [0.2, 0.25) is 0 Å². The van der Waals surface area contributed by atoms with Crippen molar-refractivity contribution in [2.45, 2.75) is 205 Å². The molecule has 0 aromatic carbocycles. The van der Waals surface area contributed by atoms with Gasteiger partial charge >= 0.3 is 0 Å². The zero-order chi connectivity index (χ0) is 38.1. The molecule has 4 atom stereocenters. The highest BCUT2D eigenvalue weighted by atomic mass is 31.2. The van der Waals surface area contributed by atoms with E-state index in [4.69, 9.17) is 9.05 Å². The minimum absolute atomic E-state index is 0.0435. The van der Waals surface area contributed by atoms with Crippen molar-refractivity contribution in [2.24, 2.45) is 0 Å². The van der Waals surface area contributed by atoms with Gasteiger partial charge in [-0.3, -0.25) is 9.36 Å². The Bertz CT molecular complexity index is 867. The highest BCUT2D eigenvalue weighted by Crippen LogP contribution is 2.38. The highest BCUT2D eigenvalue weighted by molar-refractivity contribution is 7.45. The number of quaternary nitrogens is 1. The Morgan fingerprint density at radius 3 is 1.59 bits per heavy atom. The number of likely N-dealkylation sites (N-methyl/N-ethyl adjacent to an activating group) is 1. The summed E-state index contributed by atoms with van der Waals surface area (Å²) < 4.78 is 23.1. The van der Waals surface area contributed by atoms with Crippen LogP contribution < -0.4 is 10.2 Å². The smallest absolute Gasteiger partial charge is 0.268 e. The van der Waals surface area contributed by atoms with Crippen molar-refractivity contribution in [2.75, 3.05) is 40.9 Å². The van der Waals surface area contributed by atoms with E-state index in [-0.39, 0.29) is 18.9 Å². The fraction of sp³-hybridized carbons (Fsp3) is 0.927. The third-order valence-electron chi connectivity index (χ3n) is 9.60. The van der Waals surface area contributed by atoms with Gasteiger partial charge < -0.3 is 34.0 Å². The van der Waals surface area contributed by atoms with Gasteiger partial charge in [-0.2, -0.15) is 0 Å². The van der Waals surface area contributed by atoms with Crippen molar-refractivity contribution in [1.29, 1.82) is 0 Å². The van der Waals surface area contributed by atoms with E-state index < -0.39 is 32.7 Å². The summed E-state index contributed by atoms with van der Waals surface area (Å²) in [6.45, 7) is 4.40. The van der Waals surface area contributed by atoms with Crippen molar-refractivity contribution in [3.05, 3.63) is 12.2 Å². The number of carbonyl (C=O) groups is 1.